The molecule has 0 saturated heterocycles. The lowest BCUT2D eigenvalue weighted by Crippen LogP contribution is -2.29. The highest BCUT2D eigenvalue weighted by Gasteiger charge is 2.11. The summed E-state index contributed by atoms with van der Waals surface area (Å²) in [6, 6.07) is 19.3. The zero-order valence-corrected chi connectivity index (χ0v) is 20.3. The third kappa shape index (κ3) is 7.83. The zero-order valence-electron chi connectivity index (χ0n) is 20.3. The molecule has 0 unspecified atom stereocenters. The van der Waals surface area contributed by atoms with Gasteiger partial charge in [0.2, 0.25) is 0 Å². The molecule has 3 aromatic carbocycles. The number of ether oxygens (including phenoxy) is 1. The number of hydrogen-bond donors (Lipinski definition) is 1. The van der Waals surface area contributed by atoms with Crippen molar-refractivity contribution in [1.29, 1.82) is 0 Å². The number of benzene rings is 3. The molecule has 0 atom stereocenters. The second-order valence-electron chi connectivity index (χ2n) is 8.72. The Morgan fingerprint density at radius 2 is 1.52 bits per heavy atom. The van der Waals surface area contributed by atoms with Crippen molar-refractivity contribution in [2.75, 3.05) is 26.2 Å². The molecule has 0 fully saturated rings. The van der Waals surface area contributed by atoms with Crippen LogP contribution in [0, 0.1) is 5.82 Å². The van der Waals surface area contributed by atoms with Crippen molar-refractivity contribution in [2.45, 2.75) is 59.1 Å². The molecule has 3 nitrogen and oxygen atoms in total. The average Bonchev–Trinajstić information content (AvgIpc) is 2.85. The van der Waals surface area contributed by atoms with E-state index in [2.05, 4.69) is 54.4 Å². The summed E-state index contributed by atoms with van der Waals surface area (Å²) >= 11 is 0. The Morgan fingerprint density at radius 1 is 0.818 bits per heavy atom. The molecular formula is C29H39FN2O. The van der Waals surface area contributed by atoms with Gasteiger partial charge in [0.25, 0.3) is 0 Å². The van der Waals surface area contributed by atoms with E-state index in [1.807, 2.05) is 12.1 Å². The molecule has 178 valence electrons. The first-order valence-corrected chi connectivity index (χ1v) is 12.5. The molecule has 0 aliphatic rings. The first kappa shape index (κ1) is 25.2. The van der Waals surface area contributed by atoms with Crippen LogP contribution in [-0.2, 0) is 13.2 Å². The van der Waals surface area contributed by atoms with Gasteiger partial charge in [-0.15, -0.1) is 0 Å². The lowest BCUT2D eigenvalue weighted by atomic mass is 10.0. The summed E-state index contributed by atoms with van der Waals surface area (Å²) in [4.78, 5) is 2.61. The molecule has 0 aliphatic heterocycles. The second kappa shape index (κ2) is 14.0. The summed E-state index contributed by atoms with van der Waals surface area (Å²) < 4.78 is 20.2. The first-order valence-electron chi connectivity index (χ1n) is 12.5. The number of nitrogens with one attached hydrogen (secondary N) is 1. The minimum atomic E-state index is -0.228. The number of unbranched alkanes of at least 4 members (excludes halogenated alkanes) is 2. The van der Waals surface area contributed by atoms with Gasteiger partial charge in [0.1, 0.15) is 18.2 Å². The normalized spacial score (nSPS) is 11.4. The molecule has 0 spiro atoms. The van der Waals surface area contributed by atoms with Gasteiger partial charge in [0, 0.05) is 17.7 Å². The molecule has 0 bridgehead atoms. The standard InChI is InChI=1S/C29H39FN2O/c1-3-5-19-32(20-6-4-2)21-11-18-31-22-27-26-14-9-7-12-24(26)16-17-29(27)33-23-25-13-8-10-15-28(25)30/h7-10,12-17,31H,3-6,11,18-23H2,1-2H3. The topological polar surface area (TPSA) is 24.5 Å². The van der Waals surface area contributed by atoms with Crippen molar-refractivity contribution in [3.8, 4) is 5.75 Å². The predicted octanol–water partition coefficient (Wildman–Crippen LogP) is 6.94. The maximum atomic E-state index is 14.1. The van der Waals surface area contributed by atoms with Gasteiger partial charge in [-0.05, 0) is 68.3 Å². The third-order valence-electron chi connectivity index (χ3n) is 6.12. The molecule has 0 aromatic heterocycles. The van der Waals surface area contributed by atoms with Crippen LogP contribution in [0.5, 0.6) is 5.75 Å². The summed E-state index contributed by atoms with van der Waals surface area (Å²) in [6.07, 6.45) is 6.17. The van der Waals surface area contributed by atoms with E-state index in [1.54, 1.807) is 12.1 Å². The van der Waals surface area contributed by atoms with Crippen molar-refractivity contribution < 1.29 is 9.13 Å². The van der Waals surface area contributed by atoms with Gasteiger partial charge in [-0.3, -0.25) is 0 Å². The maximum Gasteiger partial charge on any atom is 0.129 e. The Labute approximate surface area is 199 Å². The largest absolute Gasteiger partial charge is 0.488 e. The fourth-order valence-electron chi connectivity index (χ4n) is 4.14. The summed E-state index contributed by atoms with van der Waals surface area (Å²) in [5.41, 5.74) is 1.71. The average molecular weight is 451 g/mol. The van der Waals surface area contributed by atoms with E-state index >= 15 is 0 Å². The van der Waals surface area contributed by atoms with Crippen LogP contribution in [0.25, 0.3) is 10.8 Å². The SMILES string of the molecule is CCCCN(CCCC)CCCNCc1c(OCc2ccccc2F)ccc2ccccc12. The molecule has 0 amide bonds. The maximum absolute atomic E-state index is 14.1. The van der Waals surface area contributed by atoms with Crippen LogP contribution in [0.3, 0.4) is 0 Å². The van der Waals surface area contributed by atoms with Crippen LogP contribution < -0.4 is 10.1 Å². The second-order valence-corrected chi connectivity index (χ2v) is 8.72. The van der Waals surface area contributed by atoms with E-state index < -0.39 is 0 Å². The van der Waals surface area contributed by atoms with E-state index in [9.17, 15) is 4.39 Å². The Hall–Kier alpha value is -2.43. The minimum absolute atomic E-state index is 0.224. The van der Waals surface area contributed by atoms with Gasteiger partial charge in [-0.25, -0.2) is 4.39 Å². The minimum Gasteiger partial charge on any atom is -0.488 e. The third-order valence-corrected chi connectivity index (χ3v) is 6.12. The molecule has 0 saturated carbocycles. The van der Waals surface area contributed by atoms with E-state index in [0.29, 0.717) is 5.56 Å². The highest BCUT2D eigenvalue weighted by atomic mass is 19.1. The summed E-state index contributed by atoms with van der Waals surface area (Å²) in [6.45, 7) is 9.98. The lowest BCUT2D eigenvalue weighted by molar-refractivity contribution is 0.260. The van der Waals surface area contributed by atoms with Gasteiger partial charge >= 0.3 is 0 Å². The molecule has 3 rings (SSSR count). The number of halogens is 1. The van der Waals surface area contributed by atoms with Crippen molar-refractivity contribution >= 4 is 10.8 Å². The predicted molar refractivity (Wildman–Crippen MR) is 137 cm³/mol. The molecule has 0 aliphatic carbocycles. The van der Waals surface area contributed by atoms with Gasteiger partial charge in [0.05, 0.1) is 0 Å². The van der Waals surface area contributed by atoms with Crippen molar-refractivity contribution in [1.82, 2.24) is 10.2 Å². The van der Waals surface area contributed by atoms with Crippen LogP contribution in [0.4, 0.5) is 4.39 Å². The summed E-state index contributed by atoms with van der Waals surface area (Å²) in [5, 5.41) is 6.01. The van der Waals surface area contributed by atoms with Gasteiger partial charge in [-0.2, -0.15) is 0 Å². The van der Waals surface area contributed by atoms with Crippen LogP contribution in [0.2, 0.25) is 0 Å². The summed E-state index contributed by atoms with van der Waals surface area (Å²) in [5.74, 6) is 0.589. The molecule has 0 radical (unpaired) electrons. The Morgan fingerprint density at radius 3 is 2.27 bits per heavy atom. The quantitative estimate of drug-likeness (QED) is 0.254. The van der Waals surface area contributed by atoms with Crippen molar-refractivity contribution in [3.63, 3.8) is 0 Å². The molecule has 33 heavy (non-hydrogen) atoms. The van der Waals surface area contributed by atoms with E-state index in [0.717, 1.165) is 37.4 Å². The number of hydrogen-bond acceptors (Lipinski definition) is 3. The molecule has 3 aromatic rings. The molecule has 1 N–H and O–H groups in total. The monoisotopic (exact) mass is 450 g/mol. The zero-order chi connectivity index (χ0) is 23.3. The highest BCUT2D eigenvalue weighted by Crippen LogP contribution is 2.29. The fourth-order valence-corrected chi connectivity index (χ4v) is 4.14. The van der Waals surface area contributed by atoms with E-state index in [1.165, 1.54) is 55.6 Å². The summed E-state index contributed by atoms with van der Waals surface area (Å²) in [7, 11) is 0. The van der Waals surface area contributed by atoms with Crippen molar-refractivity contribution in [3.05, 3.63) is 77.6 Å². The van der Waals surface area contributed by atoms with E-state index in [-0.39, 0.29) is 12.4 Å². The highest BCUT2D eigenvalue weighted by molar-refractivity contribution is 5.87. The fraction of sp³-hybridized carbons (Fsp3) is 0.448. The number of nitrogens with zero attached hydrogens (tertiary/aromatic N) is 1. The van der Waals surface area contributed by atoms with Crippen molar-refractivity contribution in [2.24, 2.45) is 0 Å². The van der Waals surface area contributed by atoms with Gasteiger partial charge < -0.3 is 15.0 Å². The lowest BCUT2D eigenvalue weighted by Gasteiger charge is -2.22. The molecule has 4 heteroatoms. The van der Waals surface area contributed by atoms with Crippen LogP contribution in [0.1, 0.15) is 57.1 Å². The van der Waals surface area contributed by atoms with Gasteiger partial charge in [0.15, 0.2) is 0 Å². The first-order chi connectivity index (χ1) is 16.2. The Balaban J connectivity index is 1.61. The number of fused-ring (bicyclic) bond motifs is 1. The van der Waals surface area contributed by atoms with Crippen LogP contribution in [-0.4, -0.2) is 31.1 Å². The Bertz CT molecular complexity index is 967. The smallest absolute Gasteiger partial charge is 0.129 e. The van der Waals surface area contributed by atoms with E-state index in [4.69, 9.17) is 4.74 Å². The Kier molecular flexibility index (Phi) is 10.7. The van der Waals surface area contributed by atoms with Crippen LogP contribution in [0.15, 0.2) is 60.7 Å². The molecular weight excluding hydrogens is 411 g/mol. The molecule has 0 heterocycles. The number of rotatable bonds is 15. The van der Waals surface area contributed by atoms with Gasteiger partial charge in [-0.1, -0.05) is 75.2 Å². The van der Waals surface area contributed by atoms with Crippen LogP contribution >= 0.6 is 0 Å².